The summed E-state index contributed by atoms with van der Waals surface area (Å²) in [4.78, 5) is 28.2. The summed E-state index contributed by atoms with van der Waals surface area (Å²) in [6.45, 7) is 7.34. The van der Waals surface area contributed by atoms with Crippen LogP contribution in [0.25, 0.3) is 0 Å². The number of amides is 2. The fourth-order valence-electron chi connectivity index (χ4n) is 4.08. The molecular weight excluding hydrogens is 505 g/mol. The average molecular weight is 540 g/mol. The van der Waals surface area contributed by atoms with Crippen molar-refractivity contribution in [3.8, 4) is 0 Å². The molecule has 9 heteroatoms. The summed E-state index contributed by atoms with van der Waals surface area (Å²) in [7, 11) is -4.19. The number of hydrogen-bond donors (Lipinski definition) is 1. The number of rotatable bonds is 11. The minimum atomic E-state index is -4.19. The van der Waals surface area contributed by atoms with Crippen LogP contribution in [0, 0.1) is 19.7 Å². The molecule has 0 aliphatic rings. The number of nitrogens with one attached hydrogen (secondary N) is 1. The molecule has 0 radical (unpaired) electrons. The third-order valence-corrected chi connectivity index (χ3v) is 8.00. The Balaban J connectivity index is 2.04. The van der Waals surface area contributed by atoms with E-state index in [1.807, 2.05) is 38.1 Å². The number of carbonyl (C=O) groups excluding carboxylic acids is 2. The zero-order chi connectivity index (χ0) is 27.9. The number of likely N-dealkylation sites (N-methyl/N-ethyl adjacent to an activating group) is 1. The lowest BCUT2D eigenvalue weighted by atomic mass is 10.1. The first kappa shape index (κ1) is 28.8. The van der Waals surface area contributed by atoms with Crippen LogP contribution in [0.5, 0.6) is 0 Å². The minimum absolute atomic E-state index is 0.000997. The van der Waals surface area contributed by atoms with Gasteiger partial charge in [0.1, 0.15) is 18.4 Å². The summed E-state index contributed by atoms with van der Waals surface area (Å²) < 4.78 is 42.1. The third kappa shape index (κ3) is 6.98. The van der Waals surface area contributed by atoms with Gasteiger partial charge in [-0.2, -0.15) is 0 Å². The van der Waals surface area contributed by atoms with Gasteiger partial charge >= 0.3 is 0 Å². The largest absolute Gasteiger partial charge is 0.355 e. The fourth-order valence-corrected chi connectivity index (χ4v) is 5.49. The molecule has 0 aromatic heterocycles. The fraction of sp³-hybridized carbons (Fsp3) is 0.310. The van der Waals surface area contributed by atoms with Crippen LogP contribution >= 0.6 is 0 Å². The number of benzene rings is 3. The van der Waals surface area contributed by atoms with E-state index in [2.05, 4.69) is 5.32 Å². The van der Waals surface area contributed by atoms with Gasteiger partial charge in [-0.05, 0) is 69.2 Å². The van der Waals surface area contributed by atoms with Gasteiger partial charge in [0.25, 0.3) is 10.0 Å². The van der Waals surface area contributed by atoms with Gasteiger partial charge in [0, 0.05) is 13.1 Å². The summed E-state index contributed by atoms with van der Waals surface area (Å²) in [5, 5.41) is 2.77. The second-order valence-electron chi connectivity index (χ2n) is 9.13. The van der Waals surface area contributed by atoms with Gasteiger partial charge in [-0.15, -0.1) is 0 Å². The van der Waals surface area contributed by atoms with E-state index in [0.29, 0.717) is 13.0 Å². The Bertz CT molecular complexity index is 1340. The Morgan fingerprint density at radius 2 is 1.42 bits per heavy atom. The van der Waals surface area contributed by atoms with Gasteiger partial charge in [0.15, 0.2) is 0 Å². The average Bonchev–Trinajstić information content (AvgIpc) is 2.89. The Morgan fingerprint density at radius 1 is 0.868 bits per heavy atom. The van der Waals surface area contributed by atoms with Crippen molar-refractivity contribution in [3.05, 3.63) is 95.3 Å². The first-order valence-corrected chi connectivity index (χ1v) is 14.0. The maximum Gasteiger partial charge on any atom is 0.264 e. The Hall–Kier alpha value is -3.72. The molecule has 38 heavy (non-hydrogen) atoms. The lowest BCUT2D eigenvalue weighted by Gasteiger charge is -2.33. The molecule has 202 valence electrons. The number of carbonyl (C=O) groups is 2. The van der Waals surface area contributed by atoms with Gasteiger partial charge < -0.3 is 10.2 Å². The second-order valence-corrected chi connectivity index (χ2v) is 11.0. The summed E-state index contributed by atoms with van der Waals surface area (Å²) in [6, 6.07) is 18.0. The maximum atomic E-state index is 13.9. The molecule has 3 aromatic rings. The van der Waals surface area contributed by atoms with Crippen molar-refractivity contribution in [1.29, 1.82) is 0 Å². The van der Waals surface area contributed by atoms with E-state index in [9.17, 15) is 22.4 Å². The summed E-state index contributed by atoms with van der Waals surface area (Å²) >= 11 is 0. The minimum Gasteiger partial charge on any atom is -0.355 e. The molecule has 1 unspecified atom stereocenters. The van der Waals surface area contributed by atoms with Crippen molar-refractivity contribution in [2.75, 3.05) is 17.4 Å². The first-order chi connectivity index (χ1) is 18.1. The zero-order valence-electron chi connectivity index (χ0n) is 22.1. The molecule has 0 fully saturated rings. The van der Waals surface area contributed by atoms with E-state index in [1.165, 1.54) is 29.2 Å². The highest BCUT2D eigenvalue weighted by Gasteiger charge is 2.33. The molecule has 7 nitrogen and oxygen atoms in total. The normalized spacial score (nSPS) is 12.0. The van der Waals surface area contributed by atoms with Crippen LogP contribution in [0.1, 0.15) is 37.0 Å². The monoisotopic (exact) mass is 539 g/mol. The SMILES string of the molecule is CCNC(=O)C(CC)N(Cc1ccc(C)cc1)C(=O)CN(c1ccc(F)cc1)S(=O)(=O)c1ccc(C)cc1. The molecule has 1 atom stereocenters. The maximum absolute atomic E-state index is 13.9. The molecule has 3 rings (SSSR count). The first-order valence-electron chi connectivity index (χ1n) is 12.5. The van der Waals surface area contributed by atoms with Crippen LogP contribution in [0.2, 0.25) is 0 Å². The molecule has 0 bridgehead atoms. The summed E-state index contributed by atoms with van der Waals surface area (Å²) in [5.41, 5.74) is 2.88. The Morgan fingerprint density at radius 3 is 1.95 bits per heavy atom. The van der Waals surface area contributed by atoms with Crippen LogP contribution < -0.4 is 9.62 Å². The van der Waals surface area contributed by atoms with Crippen molar-refractivity contribution < 1.29 is 22.4 Å². The van der Waals surface area contributed by atoms with Crippen molar-refractivity contribution in [1.82, 2.24) is 10.2 Å². The molecule has 2 amide bonds. The summed E-state index contributed by atoms with van der Waals surface area (Å²) in [5.74, 6) is -1.40. The molecule has 0 saturated carbocycles. The predicted molar refractivity (Wildman–Crippen MR) is 147 cm³/mol. The van der Waals surface area contributed by atoms with E-state index >= 15 is 0 Å². The quantitative estimate of drug-likeness (QED) is 0.387. The predicted octanol–water partition coefficient (Wildman–Crippen LogP) is 4.58. The van der Waals surface area contributed by atoms with Crippen LogP contribution in [-0.4, -0.2) is 44.3 Å². The standard InChI is InChI=1S/C29H34FN3O4S/c1-5-27(29(35)31-6-2)32(19-23-11-7-21(3)8-12-23)28(34)20-33(25-15-13-24(30)14-16-25)38(36,37)26-17-9-22(4)10-18-26/h7-18,27H,5-6,19-20H2,1-4H3,(H,31,35). The smallest absolute Gasteiger partial charge is 0.264 e. The van der Waals surface area contributed by atoms with E-state index in [0.717, 1.165) is 33.1 Å². The van der Waals surface area contributed by atoms with Gasteiger partial charge in [0.05, 0.1) is 10.6 Å². The van der Waals surface area contributed by atoms with Crippen molar-refractivity contribution in [3.63, 3.8) is 0 Å². The van der Waals surface area contributed by atoms with E-state index in [4.69, 9.17) is 0 Å². The van der Waals surface area contributed by atoms with Gasteiger partial charge in [-0.1, -0.05) is 54.4 Å². The molecular formula is C29H34FN3O4S. The second kappa shape index (κ2) is 12.7. The topological polar surface area (TPSA) is 86.8 Å². The Labute approximate surface area is 224 Å². The van der Waals surface area contributed by atoms with E-state index in [-0.39, 0.29) is 23.0 Å². The van der Waals surface area contributed by atoms with E-state index < -0.39 is 34.3 Å². The highest BCUT2D eigenvalue weighted by atomic mass is 32.2. The van der Waals surface area contributed by atoms with Gasteiger partial charge in [-0.25, -0.2) is 12.8 Å². The molecule has 0 heterocycles. The highest BCUT2D eigenvalue weighted by Crippen LogP contribution is 2.25. The van der Waals surface area contributed by atoms with Crippen LogP contribution in [0.4, 0.5) is 10.1 Å². The third-order valence-electron chi connectivity index (χ3n) is 6.21. The van der Waals surface area contributed by atoms with Gasteiger partial charge in [-0.3, -0.25) is 13.9 Å². The number of nitrogens with zero attached hydrogens (tertiary/aromatic N) is 2. The molecule has 0 saturated heterocycles. The van der Waals surface area contributed by atoms with Crippen molar-refractivity contribution in [2.24, 2.45) is 0 Å². The molecule has 0 spiro atoms. The number of hydrogen-bond acceptors (Lipinski definition) is 4. The van der Waals surface area contributed by atoms with Crippen molar-refractivity contribution in [2.45, 2.75) is 51.6 Å². The zero-order valence-corrected chi connectivity index (χ0v) is 23.0. The molecule has 0 aliphatic heterocycles. The van der Waals surface area contributed by atoms with Crippen molar-refractivity contribution >= 4 is 27.5 Å². The van der Waals surface area contributed by atoms with Gasteiger partial charge in [0.2, 0.25) is 11.8 Å². The van der Waals surface area contributed by atoms with Crippen LogP contribution in [0.15, 0.2) is 77.7 Å². The van der Waals surface area contributed by atoms with Crippen LogP contribution in [0.3, 0.4) is 0 Å². The molecule has 3 aromatic carbocycles. The molecule has 1 N–H and O–H groups in total. The molecule has 0 aliphatic carbocycles. The number of halogens is 1. The number of sulfonamides is 1. The number of aryl methyl sites for hydroxylation is 2. The Kier molecular flexibility index (Phi) is 9.63. The van der Waals surface area contributed by atoms with Crippen LogP contribution in [-0.2, 0) is 26.2 Å². The number of anilines is 1. The summed E-state index contributed by atoms with van der Waals surface area (Å²) in [6.07, 6.45) is 0.338. The lowest BCUT2D eigenvalue weighted by Crippen LogP contribution is -2.52. The van der Waals surface area contributed by atoms with E-state index in [1.54, 1.807) is 26.0 Å². The highest BCUT2D eigenvalue weighted by molar-refractivity contribution is 7.92. The lowest BCUT2D eigenvalue weighted by molar-refractivity contribution is -0.140.